The van der Waals surface area contributed by atoms with Crippen LogP contribution < -0.4 is 32.2 Å². The van der Waals surface area contributed by atoms with Gasteiger partial charge in [0.05, 0.1) is 0 Å². The fourth-order valence-corrected chi connectivity index (χ4v) is 6.33. The van der Waals surface area contributed by atoms with Crippen molar-refractivity contribution in [3.63, 3.8) is 0 Å². The summed E-state index contributed by atoms with van der Waals surface area (Å²) in [6.45, 7) is 4.64. The average molecular weight is 625 g/mol. The van der Waals surface area contributed by atoms with Crippen LogP contribution in [0.5, 0.6) is 5.75 Å². The van der Waals surface area contributed by atoms with Gasteiger partial charge in [0.15, 0.2) is 11.7 Å². The molecule has 6 unspecified atom stereocenters. The Kier molecular flexibility index (Phi) is 15.2. The number of hydrogen-bond acceptors (Lipinski definition) is 6. The minimum Gasteiger partial charge on any atom is -0.490 e. The molecule has 3 amide bonds. The first-order chi connectivity index (χ1) is 19.5. The molecule has 2 aliphatic heterocycles. The number of nitrogens with zero attached hydrogens (tertiary/aromatic N) is 1. The zero-order valence-electron chi connectivity index (χ0n) is 23.7. The molecule has 41 heavy (non-hydrogen) atoms. The lowest BCUT2D eigenvalue weighted by atomic mass is 9.92. The molecule has 0 aromatic heterocycles. The van der Waals surface area contributed by atoms with Crippen LogP contribution in [0.2, 0.25) is 0 Å². The molecule has 11 nitrogen and oxygen atoms in total. The monoisotopic (exact) mass is 624 g/mol. The molecule has 0 aliphatic carbocycles. The van der Waals surface area contributed by atoms with E-state index < -0.39 is 24.9 Å². The average Bonchev–Trinajstić information content (AvgIpc) is 2.91. The number of hydrogen-bond donors (Lipinski definition) is 5. The molecular weight excluding hydrogens is 581 g/mol. The van der Waals surface area contributed by atoms with Gasteiger partial charge in [0.2, 0.25) is 17.7 Å². The molecule has 0 saturated heterocycles. The van der Waals surface area contributed by atoms with E-state index in [4.69, 9.17) is 16.2 Å². The Bertz CT molecular complexity index is 1100. The van der Waals surface area contributed by atoms with Crippen molar-refractivity contribution in [3.8, 4) is 5.75 Å². The Morgan fingerprint density at radius 3 is 2.51 bits per heavy atom. The van der Waals surface area contributed by atoms with Crippen LogP contribution in [-0.4, -0.2) is 61.0 Å². The van der Waals surface area contributed by atoms with Gasteiger partial charge in [0.25, 0.3) is 0 Å². The van der Waals surface area contributed by atoms with Crippen LogP contribution in [0, 0.1) is 11.8 Å². The Morgan fingerprint density at radius 2 is 1.85 bits per heavy atom. The largest absolute Gasteiger partial charge is 0.490 e. The van der Waals surface area contributed by atoms with Gasteiger partial charge in [-0.05, 0) is 57.3 Å². The molecule has 226 valence electrons. The Labute approximate surface area is 247 Å². The van der Waals surface area contributed by atoms with Crippen molar-refractivity contribution in [2.24, 2.45) is 28.3 Å². The number of guanidine groups is 1. The summed E-state index contributed by atoms with van der Waals surface area (Å²) in [5.74, 6) is -2.54. The minimum atomic E-state index is -1.07. The molecule has 1 aromatic carbocycles. The topological polar surface area (TPSA) is 178 Å². The first-order valence-electron chi connectivity index (χ1n) is 13.6. The number of benzene rings is 1. The van der Waals surface area contributed by atoms with Crippen LogP contribution in [-0.2, 0) is 25.6 Å². The van der Waals surface area contributed by atoms with Crippen LogP contribution in [0.1, 0.15) is 45.1 Å². The maximum atomic E-state index is 13.5. The third-order valence-electron chi connectivity index (χ3n) is 6.45. The second-order valence-electron chi connectivity index (χ2n) is 10.1. The molecule has 0 fully saturated rings. The number of carbonyl (C=O) groups excluding carboxylic acids is 4. The number of aliphatic imine (C=N–C) groups is 1. The Hall–Kier alpha value is -2.60. The predicted molar refractivity (Wildman–Crippen MR) is 170 cm³/mol. The van der Waals surface area contributed by atoms with Gasteiger partial charge in [-0.3, -0.25) is 24.2 Å². The van der Waals surface area contributed by atoms with Crippen molar-refractivity contribution in [2.45, 2.75) is 57.8 Å². The fourth-order valence-electron chi connectivity index (χ4n) is 4.17. The summed E-state index contributed by atoms with van der Waals surface area (Å²) in [4.78, 5) is 56.1. The van der Waals surface area contributed by atoms with Crippen LogP contribution >= 0.6 is 25.2 Å². The minimum absolute atomic E-state index is 0.0132. The number of ether oxygens (including phenoxy) is 1. The second-order valence-corrected chi connectivity index (χ2v) is 16.9. The number of Topliss-reactive ketones (excluding diaryl/α,β-unsaturated/α-hetero) is 1. The standard InChI is InChI=1S/C27H43N6O5P3/c1-17-14-23(35)30-11-3-4-13-38-21-9-7-19(8-10-21)15-20(16-22(34)26(41(39)40)33-24(17)36)25(37)32-18(2)6-5-12-31-27(28)29/h3-4,7-10,17-18,20,26H,5-6,11-16,39-40H2,1-2H3,(H,30,35)(H,32,37)(H,33,36)(H4,28,29,31)/b4-3+. The molecule has 2 aliphatic rings. The SMILES string of the molecule is CC(CCCN=C(N)N)NC(=O)C1CC(=O)C(P(P)P)NC(=O)C(C)CC(=O)NC/C=C/COc2ccc(cc2)C1. The van der Waals surface area contributed by atoms with E-state index in [9.17, 15) is 19.2 Å². The first-order valence-corrected chi connectivity index (χ1v) is 18.2. The molecule has 6 atom stereocenters. The molecule has 7 N–H and O–H groups in total. The number of ketones is 1. The van der Waals surface area contributed by atoms with E-state index in [1.165, 1.54) is 0 Å². The summed E-state index contributed by atoms with van der Waals surface area (Å²) in [6, 6.07) is 7.24. The van der Waals surface area contributed by atoms with E-state index in [0.29, 0.717) is 44.7 Å². The van der Waals surface area contributed by atoms with Crippen LogP contribution in [0.15, 0.2) is 41.4 Å². The van der Waals surface area contributed by atoms with Gasteiger partial charge in [-0.2, -0.15) is 0 Å². The molecule has 0 spiro atoms. The number of carbonyl (C=O) groups is 4. The lowest BCUT2D eigenvalue weighted by molar-refractivity contribution is -0.132. The fraction of sp³-hybridized carbons (Fsp3) is 0.519. The molecule has 0 saturated carbocycles. The van der Waals surface area contributed by atoms with E-state index in [1.807, 2.05) is 31.2 Å². The number of nitrogens with two attached hydrogens (primary N) is 2. The van der Waals surface area contributed by atoms with E-state index in [1.54, 1.807) is 19.1 Å². The maximum Gasteiger partial charge on any atom is 0.224 e. The van der Waals surface area contributed by atoms with Crippen LogP contribution in [0.4, 0.5) is 0 Å². The highest BCUT2D eigenvalue weighted by Gasteiger charge is 2.31. The molecule has 2 bridgehead atoms. The first kappa shape index (κ1) is 34.6. The highest BCUT2D eigenvalue weighted by atomic mass is 32.4. The van der Waals surface area contributed by atoms with Gasteiger partial charge in [-0.25, -0.2) is 0 Å². The van der Waals surface area contributed by atoms with Gasteiger partial charge in [0, 0.05) is 43.8 Å². The Balaban J connectivity index is 2.26. The van der Waals surface area contributed by atoms with Gasteiger partial charge in [-0.15, -0.1) is 17.9 Å². The van der Waals surface area contributed by atoms with Crippen molar-refractivity contribution >= 4 is 54.6 Å². The third-order valence-corrected chi connectivity index (χ3v) is 9.26. The van der Waals surface area contributed by atoms with E-state index in [2.05, 4.69) is 38.8 Å². The smallest absolute Gasteiger partial charge is 0.224 e. The number of nitrogens with one attached hydrogen (secondary N) is 3. The molecule has 1 aromatic rings. The molecule has 14 heteroatoms. The lowest BCUT2D eigenvalue weighted by Gasteiger charge is -2.26. The summed E-state index contributed by atoms with van der Waals surface area (Å²) in [5, 5.41) is 8.60. The summed E-state index contributed by atoms with van der Waals surface area (Å²) in [6.07, 6.45) is 5.20. The third kappa shape index (κ3) is 13.3. The second kappa shape index (κ2) is 18.0. The Morgan fingerprint density at radius 1 is 1.15 bits per heavy atom. The summed E-state index contributed by atoms with van der Waals surface area (Å²) in [7, 11) is 4.09. The summed E-state index contributed by atoms with van der Waals surface area (Å²) < 4.78 is 5.73. The van der Waals surface area contributed by atoms with E-state index >= 15 is 0 Å². The van der Waals surface area contributed by atoms with Crippen molar-refractivity contribution < 1.29 is 23.9 Å². The number of amides is 3. The lowest BCUT2D eigenvalue weighted by Crippen LogP contribution is -2.44. The van der Waals surface area contributed by atoms with Gasteiger partial charge < -0.3 is 32.2 Å². The van der Waals surface area contributed by atoms with Crippen molar-refractivity contribution in [3.05, 3.63) is 42.0 Å². The van der Waals surface area contributed by atoms with Gasteiger partial charge >= 0.3 is 0 Å². The highest BCUT2D eigenvalue weighted by Crippen LogP contribution is 2.56. The predicted octanol–water partition coefficient (Wildman–Crippen LogP) is 1.96. The highest BCUT2D eigenvalue weighted by molar-refractivity contribution is 8.43. The van der Waals surface area contributed by atoms with Crippen molar-refractivity contribution in [2.75, 3.05) is 19.7 Å². The van der Waals surface area contributed by atoms with Crippen molar-refractivity contribution in [1.29, 1.82) is 0 Å². The van der Waals surface area contributed by atoms with Crippen LogP contribution in [0.3, 0.4) is 0 Å². The molecule has 0 radical (unpaired) electrons. The van der Waals surface area contributed by atoms with E-state index in [0.717, 1.165) is 5.56 Å². The zero-order valence-corrected chi connectivity index (χ0v) is 26.9. The quantitative estimate of drug-likeness (QED) is 0.101. The summed E-state index contributed by atoms with van der Waals surface area (Å²) >= 11 is 0. The zero-order chi connectivity index (χ0) is 30.4. The van der Waals surface area contributed by atoms with Crippen molar-refractivity contribution in [1.82, 2.24) is 16.0 Å². The molecule has 3 rings (SSSR count). The van der Waals surface area contributed by atoms with E-state index in [-0.39, 0.29) is 48.3 Å². The van der Waals surface area contributed by atoms with Crippen LogP contribution in [0.25, 0.3) is 0 Å². The van der Waals surface area contributed by atoms with Gasteiger partial charge in [-0.1, -0.05) is 25.1 Å². The number of rotatable bonds is 7. The normalized spacial score (nSPS) is 22.6. The summed E-state index contributed by atoms with van der Waals surface area (Å²) in [5.41, 5.74) is 11.6. The number of fused-ring (bicyclic) bond motifs is 16. The molecular formula is C27H43N6O5P3. The maximum absolute atomic E-state index is 13.5. The van der Waals surface area contributed by atoms with Gasteiger partial charge in [0.1, 0.15) is 18.1 Å². The molecule has 2 heterocycles.